The van der Waals surface area contributed by atoms with Crippen molar-refractivity contribution in [2.24, 2.45) is 11.8 Å². The Labute approximate surface area is 205 Å². The highest BCUT2D eigenvalue weighted by Gasteiger charge is 2.64. The number of fused-ring (bicyclic) bond motifs is 5. The predicted molar refractivity (Wildman–Crippen MR) is 133 cm³/mol. The van der Waals surface area contributed by atoms with E-state index < -0.39 is 40.7 Å². The number of hydrogen-bond donors (Lipinski definition) is 1. The second-order valence-electron chi connectivity index (χ2n) is 8.95. The number of hydrogen-bond acceptors (Lipinski definition) is 6. The maximum Gasteiger partial charge on any atom is 0.269 e. The Balaban J connectivity index is 1.41. The van der Waals surface area contributed by atoms with E-state index in [-0.39, 0.29) is 11.6 Å². The van der Waals surface area contributed by atoms with Crippen molar-refractivity contribution in [2.75, 3.05) is 15.1 Å². The van der Waals surface area contributed by atoms with Gasteiger partial charge in [-0.25, -0.2) is 4.90 Å². The number of amides is 3. The first kappa shape index (κ1) is 21.7. The molecule has 0 bridgehead atoms. The highest BCUT2D eigenvalue weighted by molar-refractivity contribution is 6.25. The van der Waals surface area contributed by atoms with Crippen LogP contribution >= 0.6 is 0 Å². The van der Waals surface area contributed by atoms with Crippen LogP contribution in [0.15, 0.2) is 84.9 Å². The number of para-hydroxylation sites is 2. The number of non-ortho nitro benzene ring substituents is 1. The van der Waals surface area contributed by atoms with Gasteiger partial charge in [-0.3, -0.25) is 24.5 Å². The molecule has 0 unspecified atom stereocenters. The van der Waals surface area contributed by atoms with Crippen LogP contribution in [0.5, 0.6) is 0 Å². The Hall–Kier alpha value is -4.79. The first-order valence-corrected chi connectivity index (χ1v) is 11.5. The Morgan fingerprint density at radius 1 is 0.861 bits per heavy atom. The van der Waals surface area contributed by atoms with E-state index in [1.54, 1.807) is 30.3 Å². The zero-order valence-corrected chi connectivity index (χ0v) is 18.9. The summed E-state index contributed by atoms with van der Waals surface area (Å²) in [5, 5.41) is 13.8. The van der Waals surface area contributed by atoms with Crippen molar-refractivity contribution < 1.29 is 19.3 Å². The number of carbonyl (C=O) groups excluding carboxylic acids is 3. The standard InChI is InChI=1S/C27H20N4O5/c32-25(28-17-11-13-19(14-12-17)31(35)36)24-23-22(21-15-10-16-6-4-5-9-20(16)30(21)24)26(33)29(27(23)34)18-7-2-1-3-8-18/h1-15,21-24H,(H,28,32)/t21-,22-,23-,24+/m0/s1. The van der Waals surface area contributed by atoms with Gasteiger partial charge in [0, 0.05) is 23.5 Å². The lowest BCUT2D eigenvalue weighted by atomic mass is 9.88. The van der Waals surface area contributed by atoms with E-state index in [0.29, 0.717) is 11.4 Å². The van der Waals surface area contributed by atoms with Crippen molar-refractivity contribution >= 4 is 46.5 Å². The highest BCUT2D eigenvalue weighted by atomic mass is 16.6. The lowest BCUT2D eigenvalue weighted by Gasteiger charge is -2.36. The summed E-state index contributed by atoms with van der Waals surface area (Å²) in [4.78, 5) is 54.6. The van der Waals surface area contributed by atoms with Crippen LogP contribution < -0.4 is 15.1 Å². The minimum atomic E-state index is -0.952. The molecule has 3 aromatic rings. The molecule has 9 heteroatoms. The summed E-state index contributed by atoms with van der Waals surface area (Å²) >= 11 is 0. The normalized spacial score (nSPS) is 23.8. The number of anilines is 3. The van der Waals surface area contributed by atoms with Gasteiger partial charge in [-0.2, -0.15) is 0 Å². The van der Waals surface area contributed by atoms with Crippen LogP contribution in [-0.2, 0) is 14.4 Å². The van der Waals surface area contributed by atoms with Gasteiger partial charge in [-0.15, -0.1) is 0 Å². The van der Waals surface area contributed by atoms with Crippen LogP contribution in [0, 0.1) is 22.0 Å². The van der Waals surface area contributed by atoms with E-state index in [1.807, 2.05) is 41.3 Å². The molecule has 3 heterocycles. The minimum absolute atomic E-state index is 0.0980. The second-order valence-corrected chi connectivity index (χ2v) is 8.95. The van der Waals surface area contributed by atoms with E-state index in [9.17, 15) is 24.5 Å². The van der Waals surface area contributed by atoms with Gasteiger partial charge in [0.1, 0.15) is 6.04 Å². The zero-order valence-electron chi connectivity index (χ0n) is 18.9. The van der Waals surface area contributed by atoms with E-state index in [0.717, 1.165) is 11.3 Å². The first-order valence-electron chi connectivity index (χ1n) is 11.5. The van der Waals surface area contributed by atoms with Crippen molar-refractivity contribution in [3.63, 3.8) is 0 Å². The van der Waals surface area contributed by atoms with E-state index >= 15 is 0 Å². The summed E-state index contributed by atoms with van der Waals surface area (Å²) in [7, 11) is 0. The molecule has 0 spiro atoms. The van der Waals surface area contributed by atoms with Crippen LogP contribution in [-0.4, -0.2) is 34.7 Å². The van der Waals surface area contributed by atoms with Gasteiger partial charge in [0.2, 0.25) is 17.7 Å². The maximum atomic E-state index is 13.7. The number of rotatable bonds is 4. The van der Waals surface area contributed by atoms with Crippen LogP contribution in [0.1, 0.15) is 5.56 Å². The fraction of sp³-hybridized carbons (Fsp3) is 0.148. The van der Waals surface area contributed by atoms with Gasteiger partial charge in [0.05, 0.1) is 28.5 Å². The summed E-state index contributed by atoms with van der Waals surface area (Å²) in [5.74, 6) is -2.82. The predicted octanol–water partition coefficient (Wildman–Crippen LogP) is 3.62. The SMILES string of the molecule is O=C(Nc1ccc([N+](=O)[O-])cc1)[C@H]1[C@H]2C(=O)N(c3ccccc3)C(=O)[C@H]2[C@@H]2C=Cc3ccccc3N21. The molecule has 2 fully saturated rings. The van der Waals surface area contributed by atoms with E-state index in [1.165, 1.54) is 29.2 Å². The third-order valence-corrected chi connectivity index (χ3v) is 7.04. The Morgan fingerprint density at radius 3 is 2.25 bits per heavy atom. The smallest absolute Gasteiger partial charge is 0.269 e. The molecule has 6 rings (SSSR count). The zero-order chi connectivity index (χ0) is 25.0. The molecule has 1 N–H and O–H groups in total. The topological polar surface area (TPSA) is 113 Å². The number of nitrogens with one attached hydrogen (secondary N) is 1. The summed E-state index contributed by atoms with van der Waals surface area (Å²) < 4.78 is 0. The highest BCUT2D eigenvalue weighted by Crippen LogP contribution is 2.49. The molecule has 36 heavy (non-hydrogen) atoms. The Morgan fingerprint density at radius 2 is 1.53 bits per heavy atom. The molecule has 3 aromatic carbocycles. The molecule has 0 aliphatic carbocycles. The third-order valence-electron chi connectivity index (χ3n) is 7.04. The summed E-state index contributed by atoms with van der Waals surface area (Å²) in [6.07, 6.45) is 3.81. The molecule has 0 aromatic heterocycles. The third kappa shape index (κ3) is 3.20. The van der Waals surface area contributed by atoms with E-state index in [4.69, 9.17) is 0 Å². The lowest BCUT2D eigenvalue weighted by Crippen LogP contribution is -2.50. The molecule has 4 atom stereocenters. The molecule has 3 amide bonds. The molecule has 3 aliphatic rings. The van der Waals surface area contributed by atoms with Crippen molar-refractivity contribution in [1.29, 1.82) is 0 Å². The van der Waals surface area contributed by atoms with Gasteiger partial charge < -0.3 is 10.2 Å². The molecule has 178 valence electrons. The van der Waals surface area contributed by atoms with Gasteiger partial charge in [0.25, 0.3) is 5.69 Å². The van der Waals surface area contributed by atoms with Crippen LogP contribution in [0.2, 0.25) is 0 Å². The van der Waals surface area contributed by atoms with Crippen molar-refractivity contribution in [1.82, 2.24) is 0 Å². The molecule has 0 saturated carbocycles. The van der Waals surface area contributed by atoms with Crippen LogP contribution in [0.3, 0.4) is 0 Å². The lowest BCUT2D eigenvalue weighted by molar-refractivity contribution is -0.384. The molecular formula is C27H20N4O5. The largest absolute Gasteiger partial charge is 0.351 e. The number of nitro groups is 1. The van der Waals surface area contributed by atoms with Gasteiger partial charge >= 0.3 is 0 Å². The van der Waals surface area contributed by atoms with Crippen molar-refractivity contribution in [3.8, 4) is 0 Å². The number of benzene rings is 3. The first-order chi connectivity index (χ1) is 17.5. The average molecular weight is 480 g/mol. The molecule has 3 aliphatic heterocycles. The Kier molecular flexibility index (Phi) is 4.92. The summed E-state index contributed by atoms with van der Waals surface area (Å²) in [6.45, 7) is 0. The maximum absolute atomic E-state index is 13.7. The van der Waals surface area contributed by atoms with Crippen LogP contribution in [0.4, 0.5) is 22.7 Å². The fourth-order valence-corrected chi connectivity index (χ4v) is 5.53. The van der Waals surface area contributed by atoms with Gasteiger partial charge in [0.15, 0.2) is 0 Å². The molecule has 0 radical (unpaired) electrons. The number of carbonyl (C=O) groups is 3. The monoisotopic (exact) mass is 480 g/mol. The van der Waals surface area contributed by atoms with Crippen molar-refractivity contribution in [3.05, 3.63) is 101 Å². The Bertz CT molecular complexity index is 1440. The molecule has 2 saturated heterocycles. The fourth-order valence-electron chi connectivity index (χ4n) is 5.53. The summed E-state index contributed by atoms with van der Waals surface area (Å²) in [5.41, 5.74) is 2.40. The average Bonchev–Trinajstić information content (AvgIpc) is 3.37. The van der Waals surface area contributed by atoms with Crippen LogP contribution in [0.25, 0.3) is 6.08 Å². The number of nitro benzene ring substituents is 1. The van der Waals surface area contributed by atoms with Crippen molar-refractivity contribution in [2.45, 2.75) is 12.1 Å². The minimum Gasteiger partial charge on any atom is -0.351 e. The molecule has 9 nitrogen and oxygen atoms in total. The summed E-state index contributed by atoms with van der Waals surface area (Å²) in [6, 6.07) is 20.3. The van der Waals surface area contributed by atoms with E-state index in [2.05, 4.69) is 5.32 Å². The number of nitrogens with zero attached hydrogens (tertiary/aromatic N) is 3. The number of imide groups is 1. The second kappa shape index (κ2) is 8.16. The van der Waals surface area contributed by atoms with Gasteiger partial charge in [-0.05, 0) is 35.9 Å². The molecular weight excluding hydrogens is 460 g/mol. The quantitative estimate of drug-likeness (QED) is 0.347. The van der Waals surface area contributed by atoms with Gasteiger partial charge in [-0.1, -0.05) is 48.6 Å².